The molecule has 1 N–H and O–H groups in total. The standard InChI is InChI=1S/C12H20Cl2FN3O2S/c1-8(2)17(15)12(20)18(21-10(13)14)11(19)16-9-6-4-3-5-7-9/h8-10H,3-7H2,1-2H3,(H,16,19). The average Bonchev–Trinajstić information content (AvgIpc) is 2.43. The molecule has 1 aliphatic rings. The SMILES string of the molecule is CC(C)N(F)C(=O)N(SC(Cl)Cl)C(=O)NC1CCCCC1. The third kappa shape index (κ3) is 6.08. The number of carbonyl (C=O) groups excluding carboxylic acids is 2. The van der Waals surface area contributed by atoms with Crippen molar-refractivity contribution in [2.75, 3.05) is 0 Å². The second kappa shape index (κ2) is 8.90. The molecule has 0 aromatic rings. The molecular formula is C12H20Cl2FN3O2S. The normalized spacial score (nSPS) is 16.1. The van der Waals surface area contributed by atoms with E-state index in [1.165, 1.54) is 13.8 Å². The van der Waals surface area contributed by atoms with E-state index >= 15 is 0 Å². The van der Waals surface area contributed by atoms with Gasteiger partial charge >= 0.3 is 12.1 Å². The zero-order valence-electron chi connectivity index (χ0n) is 12.0. The Morgan fingerprint density at radius 3 is 2.29 bits per heavy atom. The molecule has 21 heavy (non-hydrogen) atoms. The van der Waals surface area contributed by atoms with Crippen molar-refractivity contribution in [3.05, 3.63) is 0 Å². The maximum atomic E-state index is 13.7. The molecule has 0 spiro atoms. The van der Waals surface area contributed by atoms with Gasteiger partial charge in [0, 0.05) is 18.0 Å². The number of alkyl halides is 2. The fourth-order valence-electron chi connectivity index (χ4n) is 2.05. The van der Waals surface area contributed by atoms with Crippen LogP contribution in [0.3, 0.4) is 0 Å². The van der Waals surface area contributed by atoms with Gasteiger partial charge in [0.15, 0.2) is 4.17 Å². The Morgan fingerprint density at radius 2 is 1.81 bits per heavy atom. The van der Waals surface area contributed by atoms with Gasteiger partial charge < -0.3 is 5.32 Å². The molecule has 1 saturated carbocycles. The summed E-state index contributed by atoms with van der Waals surface area (Å²) in [5.41, 5.74) is 0. The fourth-order valence-corrected chi connectivity index (χ4v) is 3.00. The number of nitrogens with one attached hydrogen (secondary N) is 1. The van der Waals surface area contributed by atoms with Crippen molar-refractivity contribution in [1.82, 2.24) is 14.7 Å². The first-order chi connectivity index (χ1) is 9.82. The molecule has 0 radical (unpaired) electrons. The molecule has 0 unspecified atom stereocenters. The monoisotopic (exact) mass is 359 g/mol. The van der Waals surface area contributed by atoms with Crippen LogP contribution in [-0.4, -0.2) is 37.7 Å². The van der Waals surface area contributed by atoms with Gasteiger partial charge in [-0.15, -0.1) is 0 Å². The van der Waals surface area contributed by atoms with Crippen LogP contribution in [0.5, 0.6) is 0 Å². The molecule has 1 aliphatic carbocycles. The molecule has 5 nitrogen and oxygen atoms in total. The summed E-state index contributed by atoms with van der Waals surface area (Å²) in [5.74, 6) is 0. The van der Waals surface area contributed by atoms with Crippen molar-refractivity contribution in [1.29, 1.82) is 0 Å². The molecule has 1 fully saturated rings. The zero-order valence-corrected chi connectivity index (χ0v) is 14.3. The minimum Gasteiger partial charge on any atom is -0.334 e. The Morgan fingerprint density at radius 1 is 1.24 bits per heavy atom. The molecule has 4 amide bonds. The van der Waals surface area contributed by atoms with Gasteiger partial charge in [-0.1, -0.05) is 46.9 Å². The number of hydrogen-bond donors (Lipinski definition) is 1. The number of hydrogen-bond acceptors (Lipinski definition) is 3. The van der Waals surface area contributed by atoms with Gasteiger partial charge in [-0.05, 0) is 26.7 Å². The smallest absolute Gasteiger partial charge is 0.334 e. The van der Waals surface area contributed by atoms with Crippen LogP contribution in [0, 0.1) is 0 Å². The zero-order chi connectivity index (χ0) is 16.0. The highest BCUT2D eigenvalue weighted by Gasteiger charge is 2.32. The van der Waals surface area contributed by atoms with Gasteiger partial charge in [0.2, 0.25) is 0 Å². The van der Waals surface area contributed by atoms with E-state index in [4.69, 9.17) is 23.2 Å². The highest BCUT2D eigenvalue weighted by Crippen LogP contribution is 2.26. The second-order valence-corrected chi connectivity index (χ2v) is 7.79. The molecule has 0 heterocycles. The van der Waals surface area contributed by atoms with E-state index < -0.39 is 22.3 Å². The maximum absolute atomic E-state index is 13.7. The number of urea groups is 2. The van der Waals surface area contributed by atoms with Crippen LogP contribution >= 0.6 is 35.1 Å². The van der Waals surface area contributed by atoms with Crippen LogP contribution in [-0.2, 0) is 0 Å². The topological polar surface area (TPSA) is 52.7 Å². The molecule has 0 aromatic carbocycles. The van der Waals surface area contributed by atoms with Gasteiger partial charge in [0.1, 0.15) is 0 Å². The number of amides is 4. The average molecular weight is 360 g/mol. The van der Waals surface area contributed by atoms with Crippen molar-refractivity contribution in [3.63, 3.8) is 0 Å². The lowest BCUT2D eigenvalue weighted by atomic mass is 9.96. The first kappa shape index (κ1) is 18.6. The minimum absolute atomic E-state index is 0.00152. The fraction of sp³-hybridized carbons (Fsp3) is 0.833. The van der Waals surface area contributed by atoms with Crippen LogP contribution in [0.15, 0.2) is 0 Å². The predicted molar refractivity (Wildman–Crippen MR) is 83.8 cm³/mol. The summed E-state index contributed by atoms with van der Waals surface area (Å²) in [7, 11) is 0. The van der Waals surface area contributed by atoms with E-state index in [0.29, 0.717) is 16.3 Å². The lowest BCUT2D eigenvalue weighted by molar-refractivity contribution is 0.0307. The molecule has 0 saturated heterocycles. The Hall–Kier alpha value is -0.400. The Labute approximate surface area is 138 Å². The van der Waals surface area contributed by atoms with Crippen LogP contribution in [0.2, 0.25) is 0 Å². The van der Waals surface area contributed by atoms with E-state index in [1.54, 1.807) is 0 Å². The minimum atomic E-state index is -1.09. The number of rotatable bonds is 4. The summed E-state index contributed by atoms with van der Waals surface area (Å²) < 4.78 is 13.3. The van der Waals surface area contributed by atoms with Crippen molar-refractivity contribution in [3.8, 4) is 0 Å². The van der Waals surface area contributed by atoms with Crippen LogP contribution in [0.1, 0.15) is 46.0 Å². The number of nitrogens with zero attached hydrogens (tertiary/aromatic N) is 2. The lowest BCUT2D eigenvalue weighted by Crippen LogP contribution is -2.49. The molecule has 0 atom stereocenters. The predicted octanol–water partition coefficient (Wildman–Crippen LogP) is 4.46. The third-order valence-corrected chi connectivity index (χ3v) is 4.28. The third-order valence-electron chi connectivity index (χ3n) is 3.11. The first-order valence-electron chi connectivity index (χ1n) is 6.87. The number of imide groups is 1. The molecule has 0 aromatic heterocycles. The molecule has 122 valence electrons. The Balaban J connectivity index is 2.70. The van der Waals surface area contributed by atoms with E-state index in [2.05, 4.69) is 5.32 Å². The van der Waals surface area contributed by atoms with E-state index in [-0.39, 0.29) is 11.2 Å². The van der Waals surface area contributed by atoms with Crippen molar-refractivity contribution < 1.29 is 14.1 Å². The largest absolute Gasteiger partial charge is 0.366 e. The maximum Gasteiger partial charge on any atom is 0.366 e. The van der Waals surface area contributed by atoms with E-state index in [1.807, 2.05) is 0 Å². The van der Waals surface area contributed by atoms with Crippen LogP contribution in [0.25, 0.3) is 0 Å². The lowest BCUT2D eigenvalue weighted by Gasteiger charge is -2.28. The summed E-state index contributed by atoms with van der Waals surface area (Å²) in [4.78, 5) is 24.2. The highest BCUT2D eigenvalue weighted by molar-refractivity contribution is 8.01. The molecule has 0 bridgehead atoms. The summed E-state index contributed by atoms with van der Waals surface area (Å²) in [6.07, 6.45) is 4.91. The summed E-state index contributed by atoms with van der Waals surface area (Å²) in [5, 5.41) is 2.71. The quantitative estimate of drug-likeness (QED) is 0.458. The van der Waals surface area contributed by atoms with Crippen LogP contribution < -0.4 is 5.32 Å². The molecule has 0 aliphatic heterocycles. The molecular weight excluding hydrogens is 340 g/mol. The summed E-state index contributed by atoms with van der Waals surface area (Å²) >= 11 is 11.8. The molecule has 1 rings (SSSR count). The second-order valence-electron chi connectivity index (χ2n) is 5.13. The van der Waals surface area contributed by atoms with Crippen molar-refractivity contribution >= 4 is 47.2 Å². The van der Waals surface area contributed by atoms with Crippen molar-refractivity contribution in [2.45, 2.75) is 62.2 Å². The number of carbonyl (C=O) groups is 2. The first-order valence-corrected chi connectivity index (χ1v) is 8.58. The van der Waals surface area contributed by atoms with E-state index in [9.17, 15) is 14.1 Å². The van der Waals surface area contributed by atoms with Gasteiger partial charge in [-0.25, -0.2) is 9.59 Å². The number of halogens is 3. The molecule has 9 heteroatoms. The Bertz CT molecular complexity index is 368. The van der Waals surface area contributed by atoms with Gasteiger partial charge in [0.25, 0.3) is 0 Å². The Kier molecular flexibility index (Phi) is 7.90. The van der Waals surface area contributed by atoms with Crippen LogP contribution in [0.4, 0.5) is 14.1 Å². The van der Waals surface area contributed by atoms with Gasteiger partial charge in [0.05, 0.1) is 6.04 Å². The summed E-state index contributed by atoms with van der Waals surface area (Å²) in [6, 6.07) is -2.47. The summed E-state index contributed by atoms with van der Waals surface area (Å²) in [6.45, 7) is 3.00. The van der Waals surface area contributed by atoms with Crippen molar-refractivity contribution in [2.24, 2.45) is 0 Å². The van der Waals surface area contributed by atoms with Gasteiger partial charge in [-0.3, -0.25) is 0 Å². The highest BCUT2D eigenvalue weighted by atomic mass is 35.5. The van der Waals surface area contributed by atoms with Gasteiger partial charge in [-0.2, -0.15) is 9.43 Å². The van der Waals surface area contributed by atoms with E-state index in [0.717, 1.165) is 32.1 Å².